The second-order valence-electron chi connectivity index (χ2n) is 5.69. The zero-order chi connectivity index (χ0) is 14.8. The van der Waals surface area contributed by atoms with Crippen LogP contribution in [0.5, 0.6) is 0 Å². The molecule has 1 aliphatic rings. The van der Waals surface area contributed by atoms with E-state index < -0.39 is 0 Å². The number of nitrogens with zero attached hydrogens (tertiary/aromatic N) is 2. The van der Waals surface area contributed by atoms with E-state index in [4.69, 9.17) is 5.11 Å². The molecule has 2 aromatic rings. The van der Waals surface area contributed by atoms with Crippen LogP contribution in [0.2, 0.25) is 0 Å². The summed E-state index contributed by atoms with van der Waals surface area (Å²) in [5.74, 6) is -0.168. The quantitative estimate of drug-likeness (QED) is 0.889. The lowest BCUT2D eigenvalue weighted by Gasteiger charge is -2.34. The van der Waals surface area contributed by atoms with E-state index >= 15 is 0 Å². The average molecular weight is 287 g/mol. The minimum absolute atomic E-state index is 0.168. The molecule has 0 saturated carbocycles. The average Bonchev–Trinajstić information content (AvgIpc) is 2.86. The van der Waals surface area contributed by atoms with Crippen LogP contribution >= 0.6 is 0 Å². The summed E-state index contributed by atoms with van der Waals surface area (Å²) in [7, 11) is 0. The van der Waals surface area contributed by atoms with E-state index in [-0.39, 0.29) is 12.5 Å². The van der Waals surface area contributed by atoms with Gasteiger partial charge in [0.1, 0.15) is 6.61 Å². The minimum Gasteiger partial charge on any atom is -0.387 e. The number of aromatic nitrogens is 1. The molecule has 5 nitrogen and oxygen atoms in total. The SMILES string of the molecule is Cc1cc2cc(CN3CCN(C(=O)CO)CC3)ccc2[nH]1. The summed E-state index contributed by atoms with van der Waals surface area (Å²) in [6, 6.07) is 8.67. The van der Waals surface area contributed by atoms with Gasteiger partial charge in [0.25, 0.3) is 0 Å². The van der Waals surface area contributed by atoms with Gasteiger partial charge in [0.05, 0.1) is 0 Å². The van der Waals surface area contributed by atoms with Crippen molar-refractivity contribution in [2.45, 2.75) is 13.5 Å². The van der Waals surface area contributed by atoms with Gasteiger partial charge in [0.2, 0.25) is 5.91 Å². The van der Waals surface area contributed by atoms with Crippen LogP contribution in [0.15, 0.2) is 24.3 Å². The van der Waals surface area contributed by atoms with Crippen LogP contribution < -0.4 is 0 Å². The Morgan fingerprint density at radius 3 is 2.71 bits per heavy atom. The van der Waals surface area contributed by atoms with Crippen molar-refractivity contribution in [2.24, 2.45) is 0 Å². The molecule has 1 aliphatic heterocycles. The predicted molar refractivity (Wildman–Crippen MR) is 82.0 cm³/mol. The number of hydrogen-bond donors (Lipinski definition) is 2. The van der Waals surface area contributed by atoms with Crippen molar-refractivity contribution in [3.05, 3.63) is 35.5 Å². The number of rotatable bonds is 3. The van der Waals surface area contributed by atoms with E-state index in [0.717, 1.165) is 19.6 Å². The van der Waals surface area contributed by atoms with Gasteiger partial charge in [-0.05, 0) is 36.1 Å². The summed E-state index contributed by atoms with van der Waals surface area (Å²) in [6.07, 6.45) is 0. The van der Waals surface area contributed by atoms with Crippen LogP contribution in [0, 0.1) is 6.92 Å². The second kappa shape index (κ2) is 5.87. The minimum atomic E-state index is -0.385. The first-order valence-electron chi connectivity index (χ1n) is 7.35. The maximum absolute atomic E-state index is 11.4. The van der Waals surface area contributed by atoms with E-state index in [1.807, 2.05) is 0 Å². The number of H-pyrrole nitrogens is 1. The van der Waals surface area contributed by atoms with Gasteiger partial charge >= 0.3 is 0 Å². The number of nitrogens with one attached hydrogen (secondary N) is 1. The monoisotopic (exact) mass is 287 g/mol. The Hall–Kier alpha value is -1.85. The molecule has 3 rings (SSSR count). The molecule has 1 aromatic heterocycles. The maximum atomic E-state index is 11.4. The van der Waals surface area contributed by atoms with Gasteiger partial charge in [0.15, 0.2) is 0 Å². The van der Waals surface area contributed by atoms with Crippen LogP contribution in [0.25, 0.3) is 10.9 Å². The van der Waals surface area contributed by atoms with Crippen LogP contribution in [0.1, 0.15) is 11.3 Å². The Bertz CT molecular complexity index is 642. The van der Waals surface area contributed by atoms with Crippen LogP contribution in [0.3, 0.4) is 0 Å². The molecule has 1 saturated heterocycles. The lowest BCUT2D eigenvalue weighted by atomic mass is 10.1. The van der Waals surface area contributed by atoms with E-state index in [1.54, 1.807) is 4.90 Å². The molecular formula is C16H21N3O2. The smallest absolute Gasteiger partial charge is 0.248 e. The van der Waals surface area contributed by atoms with Crippen molar-refractivity contribution in [1.82, 2.24) is 14.8 Å². The number of carbonyl (C=O) groups excluding carboxylic acids is 1. The molecule has 112 valence electrons. The van der Waals surface area contributed by atoms with Crippen molar-refractivity contribution >= 4 is 16.8 Å². The van der Waals surface area contributed by atoms with Crippen molar-refractivity contribution in [2.75, 3.05) is 32.8 Å². The maximum Gasteiger partial charge on any atom is 0.248 e. The van der Waals surface area contributed by atoms with E-state index in [9.17, 15) is 4.79 Å². The summed E-state index contributed by atoms with van der Waals surface area (Å²) >= 11 is 0. The highest BCUT2D eigenvalue weighted by Gasteiger charge is 2.20. The summed E-state index contributed by atoms with van der Waals surface area (Å²) < 4.78 is 0. The molecule has 0 spiro atoms. The van der Waals surface area contributed by atoms with Gasteiger partial charge in [-0.15, -0.1) is 0 Å². The Labute approximate surface area is 124 Å². The fourth-order valence-electron chi connectivity index (χ4n) is 2.94. The number of aromatic amines is 1. The number of amides is 1. The molecule has 21 heavy (non-hydrogen) atoms. The zero-order valence-corrected chi connectivity index (χ0v) is 12.3. The lowest BCUT2D eigenvalue weighted by molar-refractivity contribution is -0.135. The molecule has 0 radical (unpaired) electrons. The number of aryl methyl sites for hydroxylation is 1. The topological polar surface area (TPSA) is 59.6 Å². The number of benzene rings is 1. The molecule has 0 unspecified atom stereocenters. The number of carbonyl (C=O) groups is 1. The molecular weight excluding hydrogens is 266 g/mol. The first kappa shape index (κ1) is 14.1. The molecule has 2 N–H and O–H groups in total. The molecule has 0 atom stereocenters. The molecule has 0 aliphatic carbocycles. The number of aliphatic hydroxyl groups excluding tert-OH is 1. The van der Waals surface area contributed by atoms with Crippen molar-refractivity contribution in [3.63, 3.8) is 0 Å². The van der Waals surface area contributed by atoms with Gasteiger partial charge in [-0.3, -0.25) is 9.69 Å². The highest BCUT2D eigenvalue weighted by Crippen LogP contribution is 2.18. The van der Waals surface area contributed by atoms with Gasteiger partial charge in [-0.25, -0.2) is 0 Å². The lowest BCUT2D eigenvalue weighted by Crippen LogP contribution is -2.49. The molecule has 0 bridgehead atoms. The van der Waals surface area contributed by atoms with Crippen LogP contribution in [-0.2, 0) is 11.3 Å². The Kier molecular flexibility index (Phi) is 3.94. The normalized spacial score (nSPS) is 16.6. The molecule has 2 heterocycles. The standard InChI is InChI=1S/C16H21N3O2/c1-12-8-14-9-13(2-3-15(14)17-12)10-18-4-6-19(7-5-18)16(21)11-20/h2-3,8-9,17,20H,4-7,10-11H2,1H3. The van der Waals surface area contributed by atoms with Gasteiger partial charge in [0, 0.05) is 43.9 Å². The van der Waals surface area contributed by atoms with E-state index in [0.29, 0.717) is 13.1 Å². The van der Waals surface area contributed by atoms with Crippen molar-refractivity contribution < 1.29 is 9.90 Å². The molecule has 1 amide bonds. The molecule has 1 aromatic carbocycles. The summed E-state index contributed by atoms with van der Waals surface area (Å²) in [5, 5.41) is 10.1. The first-order valence-corrected chi connectivity index (χ1v) is 7.35. The van der Waals surface area contributed by atoms with Gasteiger partial charge in [-0.2, -0.15) is 0 Å². The van der Waals surface area contributed by atoms with Gasteiger partial charge < -0.3 is 15.0 Å². The molecule has 1 fully saturated rings. The molecule has 5 heteroatoms. The zero-order valence-electron chi connectivity index (χ0n) is 12.3. The first-order chi connectivity index (χ1) is 10.2. The summed E-state index contributed by atoms with van der Waals surface area (Å²) in [5.41, 5.74) is 3.65. The Balaban J connectivity index is 1.62. The third-order valence-corrected chi connectivity index (χ3v) is 4.09. The van der Waals surface area contributed by atoms with Crippen molar-refractivity contribution in [1.29, 1.82) is 0 Å². The largest absolute Gasteiger partial charge is 0.387 e. The van der Waals surface area contributed by atoms with E-state index in [1.165, 1.54) is 22.2 Å². The fourth-order valence-corrected chi connectivity index (χ4v) is 2.94. The number of aliphatic hydroxyl groups is 1. The Morgan fingerprint density at radius 2 is 2.00 bits per heavy atom. The Morgan fingerprint density at radius 1 is 1.24 bits per heavy atom. The predicted octanol–water partition coefficient (Wildman–Crippen LogP) is 1.11. The summed E-state index contributed by atoms with van der Waals surface area (Å²) in [4.78, 5) is 18.8. The number of hydrogen-bond acceptors (Lipinski definition) is 3. The summed E-state index contributed by atoms with van der Waals surface area (Å²) in [6.45, 7) is 5.70. The van der Waals surface area contributed by atoms with E-state index in [2.05, 4.69) is 41.1 Å². The van der Waals surface area contributed by atoms with Crippen LogP contribution in [0.4, 0.5) is 0 Å². The highest BCUT2D eigenvalue weighted by molar-refractivity contribution is 5.81. The fraction of sp³-hybridized carbons (Fsp3) is 0.438. The number of fused-ring (bicyclic) bond motifs is 1. The highest BCUT2D eigenvalue weighted by atomic mass is 16.3. The van der Waals surface area contributed by atoms with Crippen molar-refractivity contribution in [3.8, 4) is 0 Å². The number of piperazine rings is 1. The van der Waals surface area contributed by atoms with Crippen LogP contribution in [-0.4, -0.2) is 58.6 Å². The van der Waals surface area contributed by atoms with Gasteiger partial charge in [-0.1, -0.05) is 6.07 Å². The third kappa shape index (κ3) is 3.09. The third-order valence-electron chi connectivity index (χ3n) is 4.09. The second-order valence-corrected chi connectivity index (χ2v) is 5.69.